The Labute approximate surface area is 232 Å². The van der Waals surface area contributed by atoms with Gasteiger partial charge in [-0.25, -0.2) is 8.42 Å². The summed E-state index contributed by atoms with van der Waals surface area (Å²) in [5.74, 6) is -0.743. The van der Waals surface area contributed by atoms with E-state index in [1.807, 2.05) is 77.9 Å². The topological polar surface area (TPSA) is 86.8 Å². The Kier molecular flexibility index (Phi) is 9.56. The minimum Gasteiger partial charge on any atom is -0.350 e. The number of benzene rings is 3. The van der Waals surface area contributed by atoms with Crippen LogP contribution in [0.4, 0.5) is 5.69 Å². The average molecular weight is 550 g/mol. The SMILES string of the molecule is CC[C@H](C(=O)NC(C)(C)C)N(Cc1ccc(C)cc1)C(=O)CN(c1ccccc1C)S(=O)(=O)c1ccccc1. The van der Waals surface area contributed by atoms with Gasteiger partial charge in [-0.05, 0) is 70.4 Å². The van der Waals surface area contributed by atoms with E-state index in [1.165, 1.54) is 17.0 Å². The smallest absolute Gasteiger partial charge is 0.264 e. The number of nitrogens with one attached hydrogen (secondary N) is 1. The summed E-state index contributed by atoms with van der Waals surface area (Å²) in [7, 11) is -4.08. The maximum Gasteiger partial charge on any atom is 0.264 e. The summed E-state index contributed by atoms with van der Waals surface area (Å²) in [5.41, 5.74) is 2.56. The lowest BCUT2D eigenvalue weighted by atomic mass is 10.1. The molecular weight excluding hydrogens is 510 g/mol. The van der Waals surface area contributed by atoms with E-state index in [2.05, 4.69) is 5.32 Å². The number of hydrogen-bond acceptors (Lipinski definition) is 4. The van der Waals surface area contributed by atoms with Crippen LogP contribution in [0, 0.1) is 13.8 Å². The molecule has 0 unspecified atom stereocenters. The van der Waals surface area contributed by atoms with Crippen molar-refractivity contribution in [1.82, 2.24) is 10.2 Å². The fraction of sp³-hybridized carbons (Fsp3) is 0.355. The predicted octanol–water partition coefficient (Wildman–Crippen LogP) is 5.22. The Morgan fingerprint density at radius 3 is 2.03 bits per heavy atom. The predicted molar refractivity (Wildman–Crippen MR) is 156 cm³/mol. The molecule has 0 aliphatic heterocycles. The first-order valence-electron chi connectivity index (χ1n) is 13.1. The van der Waals surface area contributed by atoms with Gasteiger partial charge in [-0.1, -0.05) is 73.2 Å². The van der Waals surface area contributed by atoms with Gasteiger partial charge in [0.2, 0.25) is 11.8 Å². The average Bonchev–Trinajstić information content (AvgIpc) is 2.88. The van der Waals surface area contributed by atoms with Crippen LogP contribution in [0.5, 0.6) is 0 Å². The van der Waals surface area contributed by atoms with Gasteiger partial charge in [0.1, 0.15) is 12.6 Å². The molecule has 39 heavy (non-hydrogen) atoms. The second-order valence-corrected chi connectivity index (χ2v) is 12.6. The number of sulfonamides is 1. The van der Waals surface area contributed by atoms with Crippen LogP contribution >= 0.6 is 0 Å². The van der Waals surface area contributed by atoms with Crippen molar-refractivity contribution in [1.29, 1.82) is 0 Å². The number of anilines is 1. The van der Waals surface area contributed by atoms with Gasteiger partial charge in [-0.2, -0.15) is 0 Å². The van der Waals surface area contributed by atoms with Gasteiger partial charge in [-0.15, -0.1) is 0 Å². The number of para-hydroxylation sites is 1. The van der Waals surface area contributed by atoms with E-state index in [1.54, 1.807) is 30.3 Å². The summed E-state index contributed by atoms with van der Waals surface area (Å²) < 4.78 is 28.9. The molecule has 0 spiro atoms. The summed E-state index contributed by atoms with van der Waals surface area (Å²) in [6.07, 6.45) is 0.370. The molecule has 208 valence electrons. The highest BCUT2D eigenvalue weighted by molar-refractivity contribution is 7.92. The Morgan fingerprint density at radius 2 is 1.46 bits per heavy atom. The third-order valence-electron chi connectivity index (χ3n) is 6.35. The lowest BCUT2D eigenvalue weighted by Crippen LogP contribution is -2.55. The molecule has 1 atom stereocenters. The highest BCUT2D eigenvalue weighted by Crippen LogP contribution is 2.27. The first-order chi connectivity index (χ1) is 18.3. The van der Waals surface area contributed by atoms with Crippen molar-refractivity contribution in [2.75, 3.05) is 10.8 Å². The molecule has 7 nitrogen and oxygen atoms in total. The molecule has 1 N–H and O–H groups in total. The van der Waals surface area contributed by atoms with Crippen LogP contribution in [0.1, 0.15) is 50.8 Å². The normalized spacial score (nSPS) is 12.5. The largest absolute Gasteiger partial charge is 0.350 e. The molecule has 0 heterocycles. The van der Waals surface area contributed by atoms with Crippen LogP contribution in [0.15, 0.2) is 83.8 Å². The van der Waals surface area contributed by atoms with Gasteiger partial charge in [0.15, 0.2) is 0 Å². The molecule has 0 aromatic heterocycles. The Morgan fingerprint density at radius 1 is 0.872 bits per heavy atom. The van der Waals surface area contributed by atoms with E-state index < -0.39 is 34.1 Å². The van der Waals surface area contributed by atoms with Crippen LogP contribution in [-0.4, -0.2) is 43.3 Å². The molecule has 0 fully saturated rings. The van der Waals surface area contributed by atoms with Gasteiger partial charge in [0, 0.05) is 12.1 Å². The minimum atomic E-state index is -4.08. The van der Waals surface area contributed by atoms with Crippen LogP contribution in [0.3, 0.4) is 0 Å². The van der Waals surface area contributed by atoms with Crippen molar-refractivity contribution in [2.45, 2.75) is 71.0 Å². The summed E-state index contributed by atoms with van der Waals surface area (Å²) in [6.45, 7) is 11.0. The molecule has 0 saturated carbocycles. The molecular formula is C31H39N3O4S. The Bertz CT molecular complexity index is 1380. The first kappa shape index (κ1) is 29.9. The molecule has 3 aromatic rings. The molecule has 8 heteroatoms. The number of aryl methyl sites for hydroxylation is 2. The highest BCUT2D eigenvalue weighted by Gasteiger charge is 2.34. The van der Waals surface area contributed by atoms with E-state index in [9.17, 15) is 18.0 Å². The van der Waals surface area contributed by atoms with Crippen molar-refractivity contribution in [2.24, 2.45) is 0 Å². The lowest BCUT2D eigenvalue weighted by Gasteiger charge is -2.35. The fourth-order valence-electron chi connectivity index (χ4n) is 4.34. The zero-order chi connectivity index (χ0) is 28.8. The first-order valence-corrected chi connectivity index (χ1v) is 14.6. The van der Waals surface area contributed by atoms with E-state index >= 15 is 0 Å². The van der Waals surface area contributed by atoms with Crippen LogP contribution in [-0.2, 0) is 26.2 Å². The van der Waals surface area contributed by atoms with Crippen molar-refractivity contribution in [3.8, 4) is 0 Å². The summed E-state index contributed by atoms with van der Waals surface area (Å²) in [5, 5.41) is 2.99. The lowest BCUT2D eigenvalue weighted by molar-refractivity contribution is -0.141. The molecule has 0 radical (unpaired) electrons. The molecule has 3 rings (SSSR count). The highest BCUT2D eigenvalue weighted by atomic mass is 32.2. The number of hydrogen-bond donors (Lipinski definition) is 1. The maximum absolute atomic E-state index is 14.1. The molecule has 0 aliphatic carbocycles. The van der Waals surface area contributed by atoms with E-state index in [0.717, 1.165) is 15.4 Å². The Balaban J connectivity index is 2.07. The third kappa shape index (κ3) is 7.69. The van der Waals surface area contributed by atoms with Crippen molar-refractivity contribution >= 4 is 27.5 Å². The third-order valence-corrected chi connectivity index (χ3v) is 8.13. The van der Waals surface area contributed by atoms with E-state index in [4.69, 9.17) is 0 Å². The number of rotatable bonds is 10. The van der Waals surface area contributed by atoms with Crippen LogP contribution < -0.4 is 9.62 Å². The van der Waals surface area contributed by atoms with Gasteiger partial charge < -0.3 is 10.2 Å². The zero-order valence-corrected chi connectivity index (χ0v) is 24.5. The van der Waals surface area contributed by atoms with Crippen molar-refractivity contribution < 1.29 is 18.0 Å². The summed E-state index contributed by atoms with van der Waals surface area (Å²) in [6, 6.07) is 22.1. The Hall–Kier alpha value is -3.65. The van der Waals surface area contributed by atoms with Gasteiger partial charge >= 0.3 is 0 Å². The van der Waals surface area contributed by atoms with E-state index in [0.29, 0.717) is 17.7 Å². The number of nitrogens with zero attached hydrogens (tertiary/aromatic N) is 2. The quantitative estimate of drug-likeness (QED) is 0.376. The monoisotopic (exact) mass is 549 g/mol. The van der Waals surface area contributed by atoms with E-state index in [-0.39, 0.29) is 17.3 Å². The maximum atomic E-state index is 14.1. The zero-order valence-electron chi connectivity index (χ0n) is 23.6. The van der Waals surface area contributed by atoms with Crippen molar-refractivity contribution in [3.63, 3.8) is 0 Å². The van der Waals surface area contributed by atoms with Crippen molar-refractivity contribution in [3.05, 3.63) is 95.6 Å². The summed E-state index contributed by atoms with van der Waals surface area (Å²) >= 11 is 0. The molecule has 3 aromatic carbocycles. The summed E-state index contributed by atoms with van der Waals surface area (Å²) in [4.78, 5) is 29.1. The molecule has 0 saturated heterocycles. The fourth-order valence-corrected chi connectivity index (χ4v) is 5.84. The molecule has 0 aliphatic rings. The van der Waals surface area contributed by atoms with Gasteiger partial charge in [0.05, 0.1) is 10.6 Å². The van der Waals surface area contributed by atoms with Crippen LogP contribution in [0.2, 0.25) is 0 Å². The molecule has 2 amide bonds. The second kappa shape index (κ2) is 12.5. The number of amides is 2. The number of carbonyl (C=O) groups excluding carboxylic acids is 2. The van der Waals surface area contributed by atoms with Gasteiger partial charge in [0.25, 0.3) is 10.0 Å². The van der Waals surface area contributed by atoms with Crippen LogP contribution in [0.25, 0.3) is 0 Å². The number of carbonyl (C=O) groups is 2. The standard InChI is InChI=1S/C31H39N3O4S/c1-7-27(30(36)32-31(4,5)6)33(21-25-19-17-23(2)18-20-25)29(35)22-34(28-16-12-11-13-24(28)3)39(37,38)26-14-9-8-10-15-26/h8-20,27H,7,21-22H2,1-6H3,(H,32,36)/t27-/m1/s1. The second-order valence-electron chi connectivity index (χ2n) is 10.8. The van der Waals surface area contributed by atoms with Gasteiger partial charge in [-0.3, -0.25) is 13.9 Å². The molecule has 0 bridgehead atoms. The minimum absolute atomic E-state index is 0.0867.